The Morgan fingerprint density at radius 1 is 0.885 bits per heavy atom. The van der Waals surface area contributed by atoms with Crippen LogP contribution in [0.25, 0.3) is 0 Å². The normalized spacial score (nSPS) is 13.8. The molecule has 0 N–H and O–H groups in total. The van der Waals surface area contributed by atoms with E-state index >= 15 is 0 Å². The predicted molar refractivity (Wildman–Crippen MR) is 102 cm³/mol. The van der Waals surface area contributed by atoms with Crippen LogP contribution in [-0.2, 0) is 12.3 Å². The van der Waals surface area contributed by atoms with E-state index < -0.39 is 0 Å². The SMILES string of the molecule is Fc1ccc(C2=NN(Cc3ccccc3)SCc3ccc(F)cc32)cc1. The monoisotopic (exact) mass is 366 g/mol. The highest BCUT2D eigenvalue weighted by Crippen LogP contribution is 2.29. The van der Waals surface area contributed by atoms with Gasteiger partial charge in [0, 0.05) is 16.9 Å². The van der Waals surface area contributed by atoms with Crippen molar-refractivity contribution in [3.05, 3.63) is 107 Å². The van der Waals surface area contributed by atoms with E-state index in [-0.39, 0.29) is 11.6 Å². The Kier molecular flexibility index (Phi) is 4.71. The number of rotatable bonds is 3. The van der Waals surface area contributed by atoms with Crippen molar-refractivity contribution in [2.75, 3.05) is 0 Å². The summed E-state index contributed by atoms with van der Waals surface area (Å²) < 4.78 is 29.1. The third kappa shape index (κ3) is 3.63. The molecule has 0 saturated carbocycles. The van der Waals surface area contributed by atoms with Crippen LogP contribution in [0.4, 0.5) is 8.78 Å². The van der Waals surface area contributed by atoms with Gasteiger partial charge in [0.25, 0.3) is 0 Å². The Bertz CT molecular complexity index is 940. The lowest BCUT2D eigenvalue weighted by Gasteiger charge is -2.17. The van der Waals surface area contributed by atoms with Gasteiger partial charge >= 0.3 is 0 Å². The molecule has 3 aromatic rings. The highest BCUT2D eigenvalue weighted by atomic mass is 32.2. The van der Waals surface area contributed by atoms with E-state index in [1.807, 2.05) is 34.7 Å². The summed E-state index contributed by atoms with van der Waals surface area (Å²) in [6.07, 6.45) is 0. The van der Waals surface area contributed by atoms with Crippen molar-refractivity contribution in [2.45, 2.75) is 12.3 Å². The topological polar surface area (TPSA) is 15.6 Å². The molecule has 0 atom stereocenters. The molecule has 1 aliphatic heterocycles. The molecular formula is C21H16F2N2S. The molecule has 1 heterocycles. The fourth-order valence-electron chi connectivity index (χ4n) is 2.87. The van der Waals surface area contributed by atoms with Crippen LogP contribution in [0.1, 0.15) is 22.3 Å². The molecule has 3 aromatic carbocycles. The number of benzene rings is 3. The average Bonchev–Trinajstić information content (AvgIpc) is 2.83. The maximum absolute atomic E-state index is 13.9. The first-order valence-corrected chi connectivity index (χ1v) is 9.21. The van der Waals surface area contributed by atoms with Gasteiger partial charge in [-0.1, -0.05) is 36.4 Å². The third-order valence-corrected chi connectivity index (χ3v) is 5.13. The number of nitrogens with zero attached hydrogens (tertiary/aromatic N) is 2. The Morgan fingerprint density at radius 2 is 1.62 bits per heavy atom. The fourth-order valence-corrected chi connectivity index (χ4v) is 3.79. The van der Waals surface area contributed by atoms with Crippen LogP contribution in [-0.4, -0.2) is 10.1 Å². The van der Waals surface area contributed by atoms with Crippen LogP contribution in [0.15, 0.2) is 77.9 Å². The van der Waals surface area contributed by atoms with Crippen LogP contribution >= 0.6 is 11.9 Å². The molecule has 0 saturated heterocycles. The number of halogens is 2. The second-order valence-corrected chi connectivity index (χ2v) is 6.99. The fraction of sp³-hybridized carbons (Fsp3) is 0.0952. The van der Waals surface area contributed by atoms with E-state index in [0.717, 1.165) is 22.3 Å². The minimum Gasteiger partial charge on any atom is -0.234 e. The molecule has 0 unspecified atom stereocenters. The molecule has 0 amide bonds. The van der Waals surface area contributed by atoms with E-state index in [2.05, 4.69) is 0 Å². The third-order valence-electron chi connectivity index (χ3n) is 4.19. The summed E-state index contributed by atoms with van der Waals surface area (Å²) in [6, 6.07) is 21.0. The molecule has 0 bridgehead atoms. The second-order valence-electron chi connectivity index (χ2n) is 6.03. The van der Waals surface area contributed by atoms with Crippen molar-refractivity contribution in [3.63, 3.8) is 0 Å². The highest BCUT2D eigenvalue weighted by molar-refractivity contribution is 7.96. The lowest BCUT2D eigenvalue weighted by atomic mass is 9.98. The standard InChI is InChI=1S/C21H16F2N2S/c22-18-9-6-16(7-10-18)21-20-12-19(23)11-8-17(20)14-26-25(24-21)13-15-4-2-1-3-5-15/h1-12H,13-14H2. The molecule has 4 rings (SSSR count). The van der Waals surface area contributed by atoms with Gasteiger partial charge in [0.05, 0.1) is 12.3 Å². The lowest BCUT2D eigenvalue weighted by Crippen LogP contribution is -2.12. The average molecular weight is 366 g/mol. The van der Waals surface area contributed by atoms with E-state index in [0.29, 0.717) is 18.0 Å². The first kappa shape index (κ1) is 16.8. The van der Waals surface area contributed by atoms with Gasteiger partial charge in [-0.15, -0.1) is 0 Å². The zero-order valence-electron chi connectivity index (χ0n) is 13.9. The molecule has 130 valence electrons. The molecule has 26 heavy (non-hydrogen) atoms. The van der Waals surface area contributed by atoms with Crippen molar-refractivity contribution in [2.24, 2.45) is 5.10 Å². The smallest absolute Gasteiger partial charge is 0.123 e. The molecule has 2 nitrogen and oxygen atoms in total. The lowest BCUT2D eigenvalue weighted by molar-refractivity contribution is 0.500. The first-order valence-electron chi connectivity index (χ1n) is 8.27. The molecule has 0 aromatic heterocycles. The largest absolute Gasteiger partial charge is 0.234 e. The van der Waals surface area contributed by atoms with Gasteiger partial charge in [0.15, 0.2) is 0 Å². The highest BCUT2D eigenvalue weighted by Gasteiger charge is 2.20. The first-order chi connectivity index (χ1) is 12.7. The Labute approximate surface area is 155 Å². The van der Waals surface area contributed by atoms with Gasteiger partial charge in [-0.25, -0.2) is 13.2 Å². The zero-order valence-corrected chi connectivity index (χ0v) is 14.7. The summed E-state index contributed by atoms with van der Waals surface area (Å²) in [5.74, 6) is 0.0782. The van der Waals surface area contributed by atoms with Gasteiger partial charge < -0.3 is 0 Å². The van der Waals surface area contributed by atoms with Crippen molar-refractivity contribution >= 4 is 17.7 Å². The van der Waals surface area contributed by atoms with Gasteiger partial charge in [-0.3, -0.25) is 0 Å². The maximum Gasteiger partial charge on any atom is 0.123 e. The number of fused-ring (bicyclic) bond motifs is 1. The predicted octanol–water partition coefficient (Wildman–Crippen LogP) is 5.38. The van der Waals surface area contributed by atoms with Crippen LogP contribution in [0, 0.1) is 11.6 Å². The van der Waals surface area contributed by atoms with Gasteiger partial charge in [-0.2, -0.15) is 5.10 Å². The molecular weight excluding hydrogens is 350 g/mol. The molecule has 0 radical (unpaired) electrons. The molecule has 1 aliphatic rings. The minimum atomic E-state index is -0.307. The Hall–Kier alpha value is -2.66. The van der Waals surface area contributed by atoms with E-state index in [4.69, 9.17) is 5.10 Å². The summed E-state index contributed by atoms with van der Waals surface area (Å²) in [6.45, 7) is 0.632. The van der Waals surface area contributed by atoms with Crippen molar-refractivity contribution in [3.8, 4) is 0 Å². The van der Waals surface area contributed by atoms with Crippen LogP contribution in [0.5, 0.6) is 0 Å². The summed E-state index contributed by atoms with van der Waals surface area (Å²) in [4.78, 5) is 0. The van der Waals surface area contributed by atoms with E-state index in [1.54, 1.807) is 30.1 Å². The van der Waals surface area contributed by atoms with Gasteiger partial charge in [0.2, 0.25) is 0 Å². The zero-order chi connectivity index (χ0) is 17.9. The van der Waals surface area contributed by atoms with Crippen molar-refractivity contribution < 1.29 is 8.78 Å². The van der Waals surface area contributed by atoms with E-state index in [1.165, 1.54) is 24.3 Å². The maximum atomic E-state index is 13.9. The van der Waals surface area contributed by atoms with Crippen molar-refractivity contribution in [1.82, 2.24) is 4.41 Å². The molecule has 5 heteroatoms. The Balaban J connectivity index is 1.77. The molecule has 0 spiro atoms. The summed E-state index contributed by atoms with van der Waals surface area (Å²) in [5.41, 5.74) is 4.31. The second kappa shape index (κ2) is 7.30. The number of hydrazone groups is 1. The molecule has 0 fully saturated rings. The Morgan fingerprint density at radius 3 is 2.38 bits per heavy atom. The quantitative estimate of drug-likeness (QED) is 0.578. The number of hydrogen-bond donors (Lipinski definition) is 0. The van der Waals surface area contributed by atoms with E-state index in [9.17, 15) is 8.78 Å². The van der Waals surface area contributed by atoms with Crippen LogP contribution < -0.4 is 0 Å². The van der Waals surface area contributed by atoms with Crippen LogP contribution in [0.3, 0.4) is 0 Å². The summed E-state index contributed by atoms with van der Waals surface area (Å²) in [5, 5.41) is 4.78. The molecule has 0 aliphatic carbocycles. The van der Waals surface area contributed by atoms with Crippen molar-refractivity contribution in [1.29, 1.82) is 0 Å². The van der Waals surface area contributed by atoms with Crippen LogP contribution in [0.2, 0.25) is 0 Å². The van der Waals surface area contributed by atoms with Gasteiger partial charge in [0.1, 0.15) is 11.6 Å². The summed E-state index contributed by atoms with van der Waals surface area (Å²) >= 11 is 1.58. The van der Waals surface area contributed by atoms with Gasteiger partial charge in [-0.05, 0) is 59.5 Å². The minimum absolute atomic E-state index is 0.305. The number of hydrogen-bond acceptors (Lipinski definition) is 3. The summed E-state index contributed by atoms with van der Waals surface area (Å²) in [7, 11) is 0.